The van der Waals surface area contributed by atoms with Crippen molar-refractivity contribution < 1.29 is 17.5 Å². The summed E-state index contributed by atoms with van der Waals surface area (Å²) >= 11 is 0. The van der Waals surface area contributed by atoms with Crippen molar-refractivity contribution in [1.82, 2.24) is 4.31 Å². The summed E-state index contributed by atoms with van der Waals surface area (Å²) in [5, 5.41) is 0. The van der Waals surface area contributed by atoms with E-state index in [0.717, 1.165) is 4.31 Å². The molecule has 114 valence electrons. The Morgan fingerprint density at radius 1 is 1.45 bits per heavy atom. The first-order valence-electron chi connectivity index (χ1n) is 5.55. The molecule has 20 heavy (non-hydrogen) atoms. The SMILES string of the molecule is CN(C)S(=O)(=O)c1cccc(OCC(=CF)CN)c1.Cl. The van der Waals surface area contributed by atoms with Crippen LogP contribution in [0.3, 0.4) is 0 Å². The van der Waals surface area contributed by atoms with Gasteiger partial charge in [0.2, 0.25) is 10.0 Å². The molecule has 0 spiro atoms. The summed E-state index contributed by atoms with van der Waals surface area (Å²) in [7, 11) is -0.618. The van der Waals surface area contributed by atoms with Crippen LogP contribution in [-0.4, -0.2) is 40.0 Å². The molecule has 0 aliphatic rings. The lowest BCUT2D eigenvalue weighted by Crippen LogP contribution is -2.22. The summed E-state index contributed by atoms with van der Waals surface area (Å²) in [6.45, 7) is 0.0324. The zero-order valence-corrected chi connectivity index (χ0v) is 12.9. The number of halogens is 2. The minimum Gasteiger partial charge on any atom is -0.489 e. The van der Waals surface area contributed by atoms with E-state index in [4.69, 9.17) is 10.5 Å². The zero-order chi connectivity index (χ0) is 14.5. The van der Waals surface area contributed by atoms with Crippen molar-refractivity contribution in [3.8, 4) is 5.75 Å². The van der Waals surface area contributed by atoms with Crippen molar-refractivity contribution in [2.45, 2.75) is 4.90 Å². The van der Waals surface area contributed by atoms with Gasteiger partial charge in [0.05, 0.1) is 11.2 Å². The average Bonchev–Trinajstić information content (AvgIpc) is 2.40. The van der Waals surface area contributed by atoms with E-state index in [9.17, 15) is 12.8 Å². The molecule has 0 bridgehead atoms. The fourth-order valence-corrected chi connectivity index (χ4v) is 2.18. The van der Waals surface area contributed by atoms with Crippen LogP contribution in [0.15, 0.2) is 41.1 Å². The first-order valence-corrected chi connectivity index (χ1v) is 6.99. The van der Waals surface area contributed by atoms with Crippen LogP contribution in [0.5, 0.6) is 5.75 Å². The summed E-state index contributed by atoms with van der Waals surface area (Å²) in [6, 6.07) is 6.02. The van der Waals surface area contributed by atoms with Gasteiger partial charge in [0.25, 0.3) is 0 Å². The molecule has 1 aromatic rings. The van der Waals surface area contributed by atoms with Gasteiger partial charge in [-0.2, -0.15) is 0 Å². The highest BCUT2D eigenvalue weighted by molar-refractivity contribution is 7.89. The van der Waals surface area contributed by atoms with Gasteiger partial charge in [-0.15, -0.1) is 12.4 Å². The Labute approximate surface area is 124 Å². The van der Waals surface area contributed by atoms with Crippen LogP contribution in [-0.2, 0) is 10.0 Å². The Balaban J connectivity index is 0.00000361. The van der Waals surface area contributed by atoms with Gasteiger partial charge < -0.3 is 10.5 Å². The van der Waals surface area contributed by atoms with Gasteiger partial charge in [0.15, 0.2) is 0 Å². The second kappa shape index (κ2) is 8.21. The molecule has 1 aromatic carbocycles. The first kappa shape index (κ1) is 18.9. The van der Waals surface area contributed by atoms with E-state index in [1.54, 1.807) is 12.1 Å². The molecular formula is C12H18ClFN2O3S. The molecule has 0 fully saturated rings. The quantitative estimate of drug-likeness (QED) is 0.861. The molecule has 0 amide bonds. The number of benzene rings is 1. The van der Waals surface area contributed by atoms with Gasteiger partial charge >= 0.3 is 0 Å². The highest BCUT2D eigenvalue weighted by Gasteiger charge is 2.17. The highest BCUT2D eigenvalue weighted by Crippen LogP contribution is 2.20. The topological polar surface area (TPSA) is 72.6 Å². The minimum atomic E-state index is -3.51. The Morgan fingerprint density at radius 3 is 2.60 bits per heavy atom. The Kier molecular flexibility index (Phi) is 7.74. The Hall–Kier alpha value is -1.15. The van der Waals surface area contributed by atoms with Gasteiger partial charge in [-0.05, 0) is 12.1 Å². The number of ether oxygens (including phenoxy) is 1. The number of nitrogens with two attached hydrogens (primary N) is 1. The van der Waals surface area contributed by atoms with Crippen molar-refractivity contribution in [2.75, 3.05) is 27.2 Å². The monoisotopic (exact) mass is 324 g/mol. The van der Waals surface area contributed by atoms with Crippen molar-refractivity contribution in [1.29, 1.82) is 0 Å². The molecule has 0 unspecified atom stereocenters. The van der Waals surface area contributed by atoms with Crippen LogP contribution in [0.2, 0.25) is 0 Å². The minimum absolute atomic E-state index is 0. The van der Waals surface area contributed by atoms with E-state index in [1.807, 2.05) is 0 Å². The normalized spacial score (nSPS) is 12.2. The second-order valence-electron chi connectivity index (χ2n) is 4.02. The summed E-state index contributed by atoms with van der Waals surface area (Å²) in [5.41, 5.74) is 5.59. The zero-order valence-electron chi connectivity index (χ0n) is 11.2. The van der Waals surface area contributed by atoms with Crippen LogP contribution in [0, 0.1) is 0 Å². The molecule has 0 saturated carbocycles. The van der Waals surface area contributed by atoms with Crippen LogP contribution >= 0.6 is 12.4 Å². The molecule has 0 radical (unpaired) electrons. The van der Waals surface area contributed by atoms with Gasteiger partial charge in [-0.1, -0.05) is 6.07 Å². The van der Waals surface area contributed by atoms with E-state index in [-0.39, 0.29) is 30.5 Å². The largest absolute Gasteiger partial charge is 0.489 e. The maximum atomic E-state index is 12.3. The molecule has 0 aliphatic heterocycles. The summed E-state index contributed by atoms with van der Waals surface area (Å²) in [5.74, 6) is 0.343. The average molecular weight is 325 g/mol. The van der Waals surface area contributed by atoms with Crippen molar-refractivity contribution in [2.24, 2.45) is 5.73 Å². The van der Waals surface area contributed by atoms with E-state index >= 15 is 0 Å². The van der Waals surface area contributed by atoms with Gasteiger partial charge in [0, 0.05) is 32.3 Å². The number of rotatable bonds is 6. The lowest BCUT2D eigenvalue weighted by atomic mass is 10.3. The van der Waals surface area contributed by atoms with Crippen molar-refractivity contribution >= 4 is 22.4 Å². The number of hydrogen-bond acceptors (Lipinski definition) is 4. The number of hydrogen-bond donors (Lipinski definition) is 1. The second-order valence-corrected chi connectivity index (χ2v) is 6.17. The Bertz CT molecular complexity index is 562. The molecule has 0 heterocycles. The van der Waals surface area contributed by atoms with Gasteiger partial charge in [-0.25, -0.2) is 17.1 Å². The predicted octanol–water partition coefficient (Wildman–Crippen LogP) is 1.55. The smallest absolute Gasteiger partial charge is 0.242 e. The summed E-state index contributed by atoms with van der Waals surface area (Å²) in [6.07, 6.45) is 0.389. The summed E-state index contributed by atoms with van der Waals surface area (Å²) < 4.78 is 42.5. The Morgan fingerprint density at radius 2 is 2.10 bits per heavy atom. The van der Waals surface area contributed by atoms with E-state index < -0.39 is 10.0 Å². The molecule has 5 nitrogen and oxygen atoms in total. The molecule has 0 atom stereocenters. The summed E-state index contributed by atoms with van der Waals surface area (Å²) in [4.78, 5) is 0.119. The van der Waals surface area contributed by atoms with E-state index in [1.165, 1.54) is 26.2 Å². The maximum Gasteiger partial charge on any atom is 0.242 e. The van der Waals surface area contributed by atoms with Crippen LogP contribution in [0.1, 0.15) is 0 Å². The molecule has 0 aromatic heterocycles. The molecule has 8 heteroatoms. The third-order valence-corrected chi connectivity index (χ3v) is 4.24. The van der Waals surface area contributed by atoms with E-state index in [0.29, 0.717) is 17.7 Å². The van der Waals surface area contributed by atoms with Crippen LogP contribution in [0.4, 0.5) is 4.39 Å². The van der Waals surface area contributed by atoms with Crippen LogP contribution < -0.4 is 10.5 Å². The van der Waals surface area contributed by atoms with Crippen molar-refractivity contribution in [3.05, 3.63) is 36.2 Å². The van der Waals surface area contributed by atoms with E-state index in [2.05, 4.69) is 0 Å². The molecule has 0 saturated heterocycles. The lowest BCUT2D eigenvalue weighted by Gasteiger charge is -2.13. The van der Waals surface area contributed by atoms with Gasteiger partial charge in [0.1, 0.15) is 12.4 Å². The standard InChI is InChI=1S/C12H17FN2O3S.ClH/c1-15(2)19(16,17)12-5-3-4-11(6-12)18-9-10(7-13)8-14;/h3-7H,8-9,14H2,1-2H3;1H. The van der Waals surface area contributed by atoms with Gasteiger partial charge in [-0.3, -0.25) is 0 Å². The third-order valence-electron chi connectivity index (χ3n) is 2.42. The fourth-order valence-electron chi connectivity index (χ4n) is 1.25. The maximum absolute atomic E-state index is 12.3. The number of nitrogens with zero attached hydrogens (tertiary/aromatic N) is 1. The first-order chi connectivity index (χ1) is 8.91. The molecule has 2 N–H and O–H groups in total. The van der Waals surface area contributed by atoms with Crippen LogP contribution in [0.25, 0.3) is 0 Å². The number of sulfonamides is 1. The fraction of sp³-hybridized carbons (Fsp3) is 0.333. The predicted molar refractivity (Wildman–Crippen MR) is 78.3 cm³/mol. The highest BCUT2D eigenvalue weighted by atomic mass is 35.5. The molecular weight excluding hydrogens is 307 g/mol. The molecule has 1 rings (SSSR count). The third kappa shape index (κ3) is 4.75. The molecule has 0 aliphatic carbocycles. The lowest BCUT2D eigenvalue weighted by molar-refractivity contribution is 0.346. The van der Waals surface area contributed by atoms with Crippen molar-refractivity contribution in [3.63, 3.8) is 0 Å².